The third-order valence-electron chi connectivity index (χ3n) is 4.69. The summed E-state index contributed by atoms with van der Waals surface area (Å²) in [5.41, 5.74) is 2.47. The summed E-state index contributed by atoms with van der Waals surface area (Å²) in [5, 5.41) is 9.37. The van der Waals surface area contributed by atoms with Crippen LogP contribution in [0.5, 0.6) is 5.75 Å². The maximum absolute atomic E-state index is 9.37. The zero-order valence-corrected chi connectivity index (χ0v) is 16.1. The fraction of sp³-hybridized carbons (Fsp3) is 0.333. The molecule has 3 nitrogen and oxygen atoms in total. The highest BCUT2D eigenvalue weighted by Gasteiger charge is 2.12. The highest BCUT2D eigenvalue weighted by Crippen LogP contribution is 2.29. The lowest BCUT2D eigenvalue weighted by Gasteiger charge is -2.16. The van der Waals surface area contributed by atoms with E-state index in [0.29, 0.717) is 11.5 Å². The van der Waals surface area contributed by atoms with Crippen LogP contribution in [0.15, 0.2) is 60.3 Å². The molecule has 0 fully saturated rings. The SMILES string of the molecule is [C-]#[N+]/C(C#N)=C(\c1ccccc1)c1ccc(OCC(CC)CCCC)cc1. The number of nitrogens with zero attached hydrogens (tertiary/aromatic N) is 2. The highest BCUT2D eigenvalue weighted by atomic mass is 16.5. The van der Waals surface area contributed by atoms with Gasteiger partial charge in [-0.3, -0.25) is 0 Å². The second-order valence-corrected chi connectivity index (χ2v) is 6.57. The lowest BCUT2D eigenvalue weighted by Crippen LogP contribution is -2.11. The van der Waals surface area contributed by atoms with Gasteiger partial charge >= 0.3 is 0 Å². The molecule has 0 bridgehead atoms. The molecular weight excluding hydrogens is 332 g/mol. The largest absolute Gasteiger partial charge is 0.493 e. The first-order chi connectivity index (χ1) is 13.2. The smallest absolute Gasteiger partial charge is 0.270 e. The molecule has 1 atom stereocenters. The number of ether oxygens (including phenoxy) is 1. The van der Waals surface area contributed by atoms with E-state index in [1.165, 1.54) is 19.3 Å². The van der Waals surface area contributed by atoms with Gasteiger partial charge in [-0.05, 0) is 35.6 Å². The van der Waals surface area contributed by atoms with Gasteiger partial charge in [-0.15, -0.1) is 0 Å². The van der Waals surface area contributed by atoms with Crippen molar-refractivity contribution >= 4 is 5.57 Å². The predicted octanol–water partition coefficient (Wildman–Crippen LogP) is 6.48. The van der Waals surface area contributed by atoms with Crippen molar-refractivity contribution in [3.05, 3.63) is 82.8 Å². The van der Waals surface area contributed by atoms with Crippen LogP contribution in [0.3, 0.4) is 0 Å². The van der Waals surface area contributed by atoms with Gasteiger partial charge in [0, 0.05) is 5.57 Å². The van der Waals surface area contributed by atoms with Gasteiger partial charge in [0.05, 0.1) is 19.2 Å². The Hall–Kier alpha value is -3.04. The fourth-order valence-electron chi connectivity index (χ4n) is 3.01. The quantitative estimate of drug-likeness (QED) is 0.380. The Morgan fingerprint density at radius 3 is 2.30 bits per heavy atom. The van der Waals surface area contributed by atoms with Crippen molar-refractivity contribution < 1.29 is 4.74 Å². The summed E-state index contributed by atoms with van der Waals surface area (Å²) < 4.78 is 5.97. The number of allylic oxidation sites excluding steroid dienone is 1. The van der Waals surface area contributed by atoms with E-state index in [4.69, 9.17) is 11.3 Å². The predicted molar refractivity (Wildman–Crippen MR) is 110 cm³/mol. The molecule has 2 rings (SSSR count). The molecular formula is C24H26N2O. The number of rotatable bonds is 9. The van der Waals surface area contributed by atoms with E-state index in [-0.39, 0.29) is 5.70 Å². The van der Waals surface area contributed by atoms with Gasteiger partial charge in [0.1, 0.15) is 5.75 Å². The number of benzene rings is 2. The monoisotopic (exact) mass is 358 g/mol. The van der Waals surface area contributed by atoms with Crippen LogP contribution in [0, 0.1) is 23.8 Å². The molecule has 0 saturated heterocycles. The van der Waals surface area contributed by atoms with Crippen molar-refractivity contribution in [3.63, 3.8) is 0 Å². The third kappa shape index (κ3) is 5.73. The number of hydrogen-bond donors (Lipinski definition) is 0. The molecule has 27 heavy (non-hydrogen) atoms. The Morgan fingerprint density at radius 2 is 1.74 bits per heavy atom. The van der Waals surface area contributed by atoms with Crippen LogP contribution in [0.2, 0.25) is 0 Å². The first-order valence-corrected chi connectivity index (χ1v) is 9.53. The van der Waals surface area contributed by atoms with Crippen LogP contribution in [0.25, 0.3) is 10.4 Å². The number of hydrogen-bond acceptors (Lipinski definition) is 2. The lowest BCUT2D eigenvalue weighted by molar-refractivity contribution is 0.233. The molecule has 2 aromatic rings. The zero-order valence-electron chi connectivity index (χ0n) is 16.1. The number of nitriles is 1. The van der Waals surface area contributed by atoms with E-state index in [1.54, 1.807) is 0 Å². The summed E-state index contributed by atoms with van der Waals surface area (Å²) in [4.78, 5) is 3.42. The molecule has 3 heteroatoms. The lowest BCUT2D eigenvalue weighted by atomic mass is 9.96. The highest BCUT2D eigenvalue weighted by molar-refractivity contribution is 5.85. The summed E-state index contributed by atoms with van der Waals surface area (Å²) >= 11 is 0. The summed E-state index contributed by atoms with van der Waals surface area (Å²) in [6, 6.07) is 19.3. The van der Waals surface area contributed by atoms with Crippen LogP contribution in [0.4, 0.5) is 0 Å². The average Bonchev–Trinajstić information content (AvgIpc) is 2.73. The van der Waals surface area contributed by atoms with Crippen LogP contribution in [-0.4, -0.2) is 6.61 Å². The Labute approximate surface area is 162 Å². The van der Waals surface area contributed by atoms with E-state index in [9.17, 15) is 5.26 Å². The van der Waals surface area contributed by atoms with Crippen molar-refractivity contribution in [1.82, 2.24) is 0 Å². The standard InChI is InChI=1S/C24H26N2O/c1-4-6-10-19(5-2)18-27-22-15-13-21(14-16-22)24(23(17-25)26-3)20-11-8-7-9-12-20/h7-9,11-16,19H,4-6,10,18H2,1-2H3/b24-23+. The molecule has 0 aromatic heterocycles. The molecule has 0 spiro atoms. The normalized spacial score (nSPS) is 12.4. The minimum atomic E-state index is 0.0977. The molecule has 0 aliphatic carbocycles. The molecule has 0 heterocycles. The summed E-state index contributed by atoms with van der Waals surface area (Å²) in [7, 11) is 0. The van der Waals surface area contributed by atoms with E-state index in [2.05, 4.69) is 18.7 Å². The molecule has 1 unspecified atom stereocenters. The maximum Gasteiger partial charge on any atom is 0.270 e. The first-order valence-electron chi connectivity index (χ1n) is 9.53. The van der Waals surface area contributed by atoms with Gasteiger partial charge in [0.15, 0.2) is 0 Å². The van der Waals surface area contributed by atoms with Gasteiger partial charge in [-0.2, -0.15) is 0 Å². The van der Waals surface area contributed by atoms with Gasteiger partial charge in [-0.25, -0.2) is 10.1 Å². The van der Waals surface area contributed by atoms with Gasteiger partial charge in [-0.1, -0.05) is 75.6 Å². The van der Waals surface area contributed by atoms with Crippen LogP contribution >= 0.6 is 0 Å². The molecule has 0 radical (unpaired) electrons. The third-order valence-corrected chi connectivity index (χ3v) is 4.69. The van der Waals surface area contributed by atoms with Crippen molar-refractivity contribution in [2.45, 2.75) is 39.5 Å². The van der Waals surface area contributed by atoms with Gasteiger partial charge in [0.25, 0.3) is 5.70 Å². The molecule has 0 aliphatic heterocycles. The first kappa shape index (κ1) is 20.3. The minimum Gasteiger partial charge on any atom is -0.493 e. The van der Waals surface area contributed by atoms with Crippen LogP contribution in [0.1, 0.15) is 50.7 Å². The van der Waals surface area contributed by atoms with E-state index in [1.807, 2.05) is 60.7 Å². The Kier molecular flexibility index (Phi) is 8.14. The number of unbranched alkanes of at least 4 members (excludes halogenated alkanes) is 1. The minimum absolute atomic E-state index is 0.0977. The molecule has 138 valence electrons. The molecule has 0 amide bonds. The second-order valence-electron chi connectivity index (χ2n) is 6.57. The van der Waals surface area contributed by atoms with Crippen LogP contribution in [-0.2, 0) is 0 Å². The van der Waals surface area contributed by atoms with Crippen molar-refractivity contribution in [2.24, 2.45) is 5.92 Å². The summed E-state index contributed by atoms with van der Waals surface area (Å²) in [5.74, 6) is 1.40. The van der Waals surface area contributed by atoms with E-state index >= 15 is 0 Å². The summed E-state index contributed by atoms with van der Waals surface area (Å²) in [6.45, 7) is 12.5. The van der Waals surface area contributed by atoms with Crippen LogP contribution < -0.4 is 4.74 Å². The van der Waals surface area contributed by atoms with Crippen molar-refractivity contribution in [2.75, 3.05) is 6.61 Å². The molecule has 0 N–H and O–H groups in total. The average molecular weight is 358 g/mol. The second kappa shape index (κ2) is 10.8. The van der Waals surface area contributed by atoms with Crippen molar-refractivity contribution in [1.29, 1.82) is 5.26 Å². The van der Waals surface area contributed by atoms with Gasteiger partial charge < -0.3 is 4.74 Å². The summed E-state index contributed by atoms with van der Waals surface area (Å²) in [6.07, 6.45) is 4.76. The molecule has 2 aromatic carbocycles. The molecule has 0 aliphatic rings. The van der Waals surface area contributed by atoms with Crippen molar-refractivity contribution in [3.8, 4) is 11.8 Å². The Bertz CT molecular complexity index is 807. The van der Waals surface area contributed by atoms with Gasteiger partial charge in [0.2, 0.25) is 0 Å². The molecule has 0 saturated carbocycles. The topological polar surface area (TPSA) is 37.4 Å². The zero-order chi connectivity index (χ0) is 19.5. The maximum atomic E-state index is 9.37. The van der Waals surface area contributed by atoms with E-state index < -0.39 is 0 Å². The fourth-order valence-corrected chi connectivity index (χ4v) is 3.01. The Morgan fingerprint density at radius 1 is 1.07 bits per heavy atom. The Balaban J connectivity index is 2.20. The van der Waals surface area contributed by atoms with E-state index in [0.717, 1.165) is 29.9 Å².